The van der Waals surface area contributed by atoms with Crippen molar-refractivity contribution in [2.75, 3.05) is 12.4 Å². The zero-order valence-electron chi connectivity index (χ0n) is 13.4. The molecule has 0 unspecified atom stereocenters. The number of hydrogen-bond donors (Lipinski definition) is 3. The van der Waals surface area contributed by atoms with Crippen molar-refractivity contribution in [2.45, 2.75) is 6.42 Å². The van der Waals surface area contributed by atoms with Crippen LogP contribution in [-0.4, -0.2) is 37.9 Å². The number of aryl methyl sites for hydroxylation is 1. The van der Waals surface area contributed by atoms with Gasteiger partial charge in [-0.1, -0.05) is 6.58 Å². The maximum absolute atomic E-state index is 5.50. The van der Waals surface area contributed by atoms with Gasteiger partial charge in [-0.15, -0.1) is 0 Å². The molecule has 4 N–H and O–H groups in total. The lowest BCUT2D eigenvalue weighted by atomic mass is 10.2. The first kappa shape index (κ1) is 18.1. The molecule has 0 bridgehead atoms. The highest BCUT2D eigenvalue weighted by Gasteiger charge is 2.09. The minimum Gasteiger partial charge on any atom is -0.344 e. The molecule has 0 aliphatic rings. The van der Waals surface area contributed by atoms with Crippen LogP contribution in [-0.2, 0) is 13.5 Å². The molecule has 0 aliphatic carbocycles. The van der Waals surface area contributed by atoms with Gasteiger partial charge in [0.2, 0.25) is 0 Å². The predicted octanol–water partition coefficient (Wildman–Crippen LogP) is 1.45. The van der Waals surface area contributed by atoms with E-state index in [0.29, 0.717) is 5.82 Å². The van der Waals surface area contributed by atoms with Crippen molar-refractivity contribution < 1.29 is 0 Å². The van der Waals surface area contributed by atoms with Crippen molar-refractivity contribution in [2.24, 2.45) is 12.8 Å². The normalized spacial score (nSPS) is 9.35. The fourth-order valence-corrected chi connectivity index (χ4v) is 2.07. The Morgan fingerprint density at radius 2 is 2.04 bits per heavy atom. The monoisotopic (exact) mass is 314 g/mol. The number of aromatic nitrogens is 5. The first-order valence-electron chi connectivity index (χ1n) is 6.87. The lowest BCUT2D eigenvalue weighted by Gasteiger charge is -2.03. The van der Waals surface area contributed by atoms with Gasteiger partial charge in [-0.3, -0.25) is 9.08 Å². The molecule has 0 fully saturated rings. The fraction of sp³-hybridized carbons (Fsp3) is 0.200. The summed E-state index contributed by atoms with van der Waals surface area (Å²) in [5.41, 5.74) is 7.54. The van der Waals surface area contributed by atoms with E-state index >= 15 is 0 Å². The van der Waals surface area contributed by atoms with Crippen molar-refractivity contribution in [3.63, 3.8) is 0 Å². The third-order valence-electron chi connectivity index (χ3n) is 2.89. The van der Waals surface area contributed by atoms with Crippen LogP contribution in [0, 0.1) is 5.41 Å². The number of hydrogen-bond acceptors (Lipinski definition) is 6. The zero-order chi connectivity index (χ0) is 17.2. The van der Waals surface area contributed by atoms with E-state index in [4.69, 9.17) is 5.41 Å². The molecule has 0 aromatic carbocycles. The SMILES string of the molecule is C=CNc1nccn2c(Cc3cnn(C)c3)cnc12.C=N.CN. The molecular formula is C15H22N8. The number of anilines is 1. The van der Waals surface area contributed by atoms with Gasteiger partial charge in [-0.25, -0.2) is 9.97 Å². The van der Waals surface area contributed by atoms with E-state index in [1.54, 1.807) is 17.1 Å². The average Bonchev–Trinajstić information content (AvgIpc) is 3.19. The van der Waals surface area contributed by atoms with Crippen molar-refractivity contribution in [1.29, 1.82) is 5.41 Å². The number of rotatable bonds is 4. The van der Waals surface area contributed by atoms with Crippen LogP contribution >= 0.6 is 0 Å². The zero-order valence-corrected chi connectivity index (χ0v) is 13.4. The van der Waals surface area contributed by atoms with Gasteiger partial charge in [0.15, 0.2) is 11.5 Å². The van der Waals surface area contributed by atoms with E-state index in [1.165, 1.54) is 7.05 Å². The van der Waals surface area contributed by atoms with Crippen LogP contribution in [0.25, 0.3) is 5.65 Å². The van der Waals surface area contributed by atoms with Gasteiger partial charge in [0.05, 0.1) is 6.20 Å². The van der Waals surface area contributed by atoms with E-state index in [1.807, 2.05) is 36.2 Å². The predicted molar refractivity (Wildman–Crippen MR) is 92.8 cm³/mol. The summed E-state index contributed by atoms with van der Waals surface area (Å²) in [6, 6.07) is 0. The van der Waals surface area contributed by atoms with E-state index in [2.05, 4.69) is 39.4 Å². The quantitative estimate of drug-likeness (QED) is 0.631. The lowest BCUT2D eigenvalue weighted by Crippen LogP contribution is -1.98. The maximum Gasteiger partial charge on any atom is 0.180 e. The number of nitrogens with two attached hydrogens (primary N) is 1. The van der Waals surface area contributed by atoms with Crippen LogP contribution in [0.1, 0.15) is 11.3 Å². The molecule has 8 heteroatoms. The molecule has 3 aromatic heterocycles. The number of imidazole rings is 1. The average molecular weight is 314 g/mol. The van der Waals surface area contributed by atoms with Crippen molar-refractivity contribution in [3.05, 3.63) is 55.0 Å². The van der Waals surface area contributed by atoms with Gasteiger partial charge < -0.3 is 16.5 Å². The Morgan fingerprint density at radius 1 is 1.30 bits per heavy atom. The van der Waals surface area contributed by atoms with Crippen LogP contribution in [0.3, 0.4) is 0 Å². The van der Waals surface area contributed by atoms with E-state index in [0.717, 1.165) is 23.3 Å². The standard InChI is InChI=1S/C13H14N6.CH5N.CH3N/c1-3-14-12-13-16-8-11(19(13)5-4-15-12)6-10-7-17-18(2)9-10;2*1-2/h3-5,7-9H,1,6H2,2H3,(H,14,15);2H2,1H3;2H,1H2. The summed E-state index contributed by atoms with van der Waals surface area (Å²) < 4.78 is 3.82. The highest BCUT2D eigenvalue weighted by Crippen LogP contribution is 2.16. The highest BCUT2D eigenvalue weighted by molar-refractivity contribution is 5.64. The van der Waals surface area contributed by atoms with Crippen LogP contribution in [0.2, 0.25) is 0 Å². The summed E-state index contributed by atoms with van der Waals surface area (Å²) in [6.07, 6.45) is 11.8. The molecule has 23 heavy (non-hydrogen) atoms. The molecule has 8 nitrogen and oxygen atoms in total. The van der Waals surface area contributed by atoms with Gasteiger partial charge in [0, 0.05) is 43.9 Å². The minimum atomic E-state index is 0.704. The molecule has 3 heterocycles. The Balaban J connectivity index is 0.000000615. The second-order valence-corrected chi connectivity index (χ2v) is 4.27. The molecule has 3 rings (SSSR count). The fourth-order valence-electron chi connectivity index (χ4n) is 2.07. The summed E-state index contributed by atoms with van der Waals surface area (Å²) in [7, 11) is 3.41. The molecule has 0 amide bonds. The smallest absolute Gasteiger partial charge is 0.180 e. The second kappa shape index (κ2) is 9.11. The summed E-state index contributed by atoms with van der Waals surface area (Å²) in [5, 5.41) is 12.7. The van der Waals surface area contributed by atoms with Crippen molar-refractivity contribution >= 4 is 18.2 Å². The lowest BCUT2D eigenvalue weighted by molar-refractivity contribution is 0.767. The molecule has 122 valence electrons. The number of nitrogens with one attached hydrogen (secondary N) is 2. The minimum absolute atomic E-state index is 0.704. The molecule has 0 aliphatic heterocycles. The van der Waals surface area contributed by atoms with Crippen molar-refractivity contribution in [1.82, 2.24) is 24.1 Å². The third-order valence-corrected chi connectivity index (χ3v) is 2.89. The van der Waals surface area contributed by atoms with E-state index < -0.39 is 0 Å². The van der Waals surface area contributed by atoms with Crippen LogP contribution in [0.5, 0.6) is 0 Å². The molecule has 0 radical (unpaired) electrons. The van der Waals surface area contributed by atoms with Crippen LogP contribution < -0.4 is 11.1 Å². The van der Waals surface area contributed by atoms with Gasteiger partial charge in [0.1, 0.15) is 0 Å². The van der Waals surface area contributed by atoms with Crippen LogP contribution in [0.15, 0.2) is 43.8 Å². The Bertz CT molecular complexity index is 743. The number of fused-ring (bicyclic) bond motifs is 1. The first-order chi connectivity index (χ1) is 11.3. The summed E-state index contributed by atoms with van der Waals surface area (Å²) in [5.74, 6) is 0.704. The Kier molecular flexibility index (Phi) is 7.15. The largest absolute Gasteiger partial charge is 0.344 e. The van der Waals surface area contributed by atoms with Gasteiger partial charge in [-0.2, -0.15) is 5.10 Å². The molecular weight excluding hydrogens is 292 g/mol. The Morgan fingerprint density at radius 3 is 2.65 bits per heavy atom. The van der Waals surface area contributed by atoms with Crippen molar-refractivity contribution in [3.8, 4) is 0 Å². The number of nitrogens with zero attached hydrogens (tertiary/aromatic N) is 5. The first-order valence-corrected chi connectivity index (χ1v) is 6.87. The van der Waals surface area contributed by atoms with E-state index in [-0.39, 0.29) is 0 Å². The molecule has 0 saturated heterocycles. The van der Waals surface area contributed by atoms with Gasteiger partial charge in [-0.05, 0) is 25.5 Å². The third kappa shape index (κ3) is 4.24. The second-order valence-electron chi connectivity index (χ2n) is 4.27. The Labute approximate surface area is 135 Å². The van der Waals surface area contributed by atoms with Gasteiger partial charge in [0.25, 0.3) is 0 Å². The van der Waals surface area contributed by atoms with Gasteiger partial charge >= 0.3 is 0 Å². The molecule has 0 saturated carbocycles. The van der Waals surface area contributed by atoms with Crippen LogP contribution in [0.4, 0.5) is 5.82 Å². The highest BCUT2D eigenvalue weighted by atomic mass is 15.2. The molecule has 0 atom stereocenters. The molecule has 3 aromatic rings. The summed E-state index contributed by atoms with van der Waals surface area (Å²) in [4.78, 5) is 8.64. The maximum atomic E-state index is 5.50. The summed E-state index contributed by atoms with van der Waals surface area (Å²) >= 11 is 0. The Hall–Kier alpha value is -3.00. The topological polar surface area (TPSA) is 110 Å². The molecule has 0 spiro atoms. The van der Waals surface area contributed by atoms with E-state index in [9.17, 15) is 0 Å². The summed E-state index contributed by atoms with van der Waals surface area (Å²) in [6.45, 7) is 6.14.